The first kappa shape index (κ1) is 19.1. The van der Waals surface area contributed by atoms with Crippen molar-refractivity contribution < 1.29 is 14.3 Å². The number of ether oxygens (including phenoxy) is 1. The Morgan fingerprint density at radius 2 is 1.64 bits per heavy atom. The lowest BCUT2D eigenvalue weighted by Crippen LogP contribution is -2.30. The Kier molecular flexibility index (Phi) is 5.69. The molecule has 0 aliphatic carbocycles. The minimum atomic E-state index is -0.524. The number of carbonyl (C=O) groups excluding carboxylic acids is 2. The minimum absolute atomic E-state index is 0.196. The lowest BCUT2D eigenvalue weighted by molar-refractivity contribution is 0.0601. The molecule has 0 atom stereocenters. The second kappa shape index (κ2) is 8.35. The van der Waals surface area contributed by atoms with E-state index in [0.29, 0.717) is 23.4 Å². The van der Waals surface area contributed by atoms with E-state index in [1.54, 1.807) is 31.3 Å². The molecule has 6 nitrogen and oxygen atoms in total. The lowest BCUT2D eigenvalue weighted by atomic mass is 10.1. The van der Waals surface area contributed by atoms with Gasteiger partial charge in [0.05, 0.1) is 30.5 Å². The molecule has 0 spiro atoms. The van der Waals surface area contributed by atoms with Crippen LogP contribution in [0.1, 0.15) is 26.3 Å². The van der Waals surface area contributed by atoms with E-state index in [4.69, 9.17) is 4.74 Å². The molecule has 0 fully saturated rings. The zero-order valence-corrected chi connectivity index (χ0v) is 15.7. The van der Waals surface area contributed by atoms with E-state index >= 15 is 0 Å². The van der Waals surface area contributed by atoms with Crippen LogP contribution in [-0.2, 0) is 11.3 Å². The van der Waals surface area contributed by atoms with Crippen molar-refractivity contribution in [3.05, 3.63) is 100.0 Å². The number of esters is 1. The molecule has 0 saturated carbocycles. The van der Waals surface area contributed by atoms with Gasteiger partial charge < -0.3 is 14.2 Å². The number of benzene rings is 2. The average Bonchev–Trinajstić information content (AvgIpc) is 2.74. The Morgan fingerprint density at radius 3 is 2.36 bits per heavy atom. The zero-order chi connectivity index (χ0) is 20.1. The van der Waals surface area contributed by atoms with E-state index in [9.17, 15) is 14.4 Å². The number of rotatable bonds is 5. The highest BCUT2D eigenvalue weighted by atomic mass is 16.5. The van der Waals surface area contributed by atoms with Crippen LogP contribution in [0, 0.1) is 0 Å². The Hall–Kier alpha value is -3.67. The molecule has 1 heterocycles. The number of hydrogen-bond donors (Lipinski definition) is 0. The Balaban J connectivity index is 1.92. The lowest BCUT2D eigenvalue weighted by Gasteiger charge is -2.20. The molecule has 3 aromatic rings. The summed E-state index contributed by atoms with van der Waals surface area (Å²) in [7, 11) is 2.87. The molecule has 6 heteroatoms. The summed E-state index contributed by atoms with van der Waals surface area (Å²) in [5.41, 5.74) is 1.83. The summed E-state index contributed by atoms with van der Waals surface area (Å²) in [6.45, 7) is 0.364. The molecular formula is C22H20N2O4. The number of pyridine rings is 1. The summed E-state index contributed by atoms with van der Waals surface area (Å²) in [5, 5.41) is 0. The normalized spacial score (nSPS) is 10.4. The standard InChI is InChI=1S/C22H20N2O4/c1-23(19-11-7-6-10-18(19)22(27)28-2)21(26)17-12-13-20(25)24(15-17)14-16-8-4-3-5-9-16/h3-13,15H,14H2,1-2H3. The van der Waals surface area contributed by atoms with E-state index in [1.807, 2.05) is 30.3 Å². The molecule has 0 bridgehead atoms. The van der Waals surface area contributed by atoms with Crippen LogP contribution in [0.25, 0.3) is 0 Å². The first-order valence-electron chi connectivity index (χ1n) is 8.71. The van der Waals surface area contributed by atoms with Crippen LogP contribution in [0.5, 0.6) is 0 Å². The van der Waals surface area contributed by atoms with Gasteiger partial charge in [-0.1, -0.05) is 42.5 Å². The van der Waals surface area contributed by atoms with Crippen LogP contribution in [0.3, 0.4) is 0 Å². The third-order valence-electron chi connectivity index (χ3n) is 4.40. The van der Waals surface area contributed by atoms with Gasteiger partial charge in [0.15, 0.2) is 0 Å². The van der Waals surface area contributed by atoms with Gasteiger partial charge in [0.2, 0.25) is 0 Å². The van der Waals surface area contributed by atoms with Crippen molar-refractivity contribution in [2.75, 3.05) is 19.1 Å². The number of methoxy groups -OCH3 is 1. The predicted octanol–water partition coefficient (Wildman–Crippen LogP) is 2.96. The number of nitrogens with zero attached hydrogens (tertiary/aromatic N) is 2. The molecule has 0 aliphatic rings. The molecular weight excluding hydrogens is 356 g/mol. The summed E-state index contributed by atoms with van der Waals surface area (Å²) in [6, 6.07) is 19.1. The third-order valence-corrected chi connectivity index (χ3v) is 4.40. The quantitative estimate of drug-likeness (QED) is 0.642. The summed E-state index contributed by atoms with van der Waals surface area (Å²) in [4.78, 5) is 38.5. The van der Waals surface area contributed by atoms with Crippen LogP contribution < -0.4 is 10.5 Å². The maximum absolute atomic E-state index is 13.0. The summed E-state index contributed by atoms with van der Waals surface area (Å²) >= 11 is 0. The van der Waals surface area contributed by atoms with Crippen molar-refractivity contribution >= 4 is 17.6 Å². The molecule has 3 rings (SSSR count). The van der Waals surface area contributed by atoms with Gasteiger partial charge in [0, 0.05) is 19.3 Å². The monoisotopic (exact) mass is 376 g/mol. The zero-order valence-electron chi connectivity index (χ0n) is 15.7. The first-order valence-corrected chi connectivity index (χ1v) is 8.71. The minimum Gasteiger partial charge on any atom is -0.465 e. The molecule has 0 radical (unpaired) electrons. The second-order valence-electron chi connectivity index (χ2n) is 6.24. The van der Waals surface area contributed by atoms with Crippen molar-refractivity contribution in [2.45, 2.75) is 6.54 Å². The van der Waals surface area contributed by atoms with E-state index in [-0.39, 0.29) is 11.5 Å². The highest BCUT2D eigenvalue weighted by Crippen LogP contribution is 2.21. The van der Waals surface area contributed by atoms with Crippen LogP contribution in [0.4, 0.5) is 5.69 Å². The van der Waals surface area contributed by atoms with Gasteiger partial charge in [0.25, 0.3) is 11.5 Å². The average molecular weight is 376 g/mol. The fourth-order valence-corrected chi connectivity index (χ4v) is 2.91. The van der Waals surface area contributed by atoms with Crippen LogP contribution in [0.15, 0.2) is 77.7 Å². The number of aromatic nitrogens is 1. The number of anilines is 1. The maximum Gasteiger partial charge on any atom is 0.339 e. The molecule has 28 heavy (non-hydrogen) atoms. The molecule has 1 aromatic heterocycles. The predicted molar refractivity (Wildman–Crippen MR) is 107 cm³/mol. The van der Waals surface area contributed by atoms with Crippen LogP contribution >= 0.6 is 0 Å². The van der Waals surface area contributed by atoms with Crippen LogP contribution in [0.2, 0.25) is 0 Å². The van der Waals surface area contributed by atoms with Crippen LogP contribution in [-0.4, -0.2) is 30.6 Å². The van der Waals surface area contributed by atoms with Crippen molar-refractivity contribution in [1.82, 2.24) is 4.57 Å². The number of para-hydroxylation sites is 1. The smallest absolute Gasteiger partial charge is 0.339 e. The van der Waals surface area contributed by atoms with E-state index in [2.05, 4.69) is 0 Å². The van der Waals surface area contributed by atoms with Crippen molar-refractivity contribution in [1.29, 1.82) is 0 Å². The van der Waals surface area contributed by atoms with Crippen molar-refractivity contribution in [3.8, 4) is 0 Å². The largest absolute Gasteiger partial charge is 0.465 e. The molecule has 0 unspecified atom stereocenters. The number of carbonyl (C=O) groups is 2. The van der Waals surface area contributed by atoms with E-state index in [0.717, 1.165) is 5.56 Å². The summed E-state index contributed by atoms with van der Waals surface area (Å²) in [5.74, 6) is -0.859. The van der Waals surface area contributed by atoms with Gasteiger partial charge in [-0.3, -0.25) is 9.59 Å². The maximum atomic E-state index is 13.0. The Morgan fingerprint density at radius 1 is 0.964 bits per heavy atom. The topological polar surface area (TPSA) is 68.6 Å². The first-order chi connectivity index (χ1) is 13.5. The van der Waals surface area contributed by atoms with Gasteiger partial charge >= 0.3 is 5.97 Å². The number of amides is 1. The molecule has 142 valence electrons. The fraction of sp³-hybridized carbons (Fsp3) is 0.136. The summed E-state index contributed by atoms with van der Waals surface area (Å²) < 4.78 is 6.28. The van der Waals surface area contributed by atoms with Gasteiger partial charge in [-0.05, 0) is 23.8 Å². The van der Waals surface area contributed by atoms with Gasteiger partial charge in [-0.2, -0.15) is 0 Å². The molecule has 2 aromatic carbocycles. The SMILES string of the molecule is COC(=O)c1ccccc1N(C)C(=O)c1ccc(=O)n(Cc2ccccc2)c1. The Bertz CT molecular complexity index is 1060. The molecule has 0 saturated heterocycles. The van der Waals surface area contributed by atoms with Gasteiger partial charge in [-0.15, -0.1) is 0 Å². The molecule has 0 aliphatic heterocycles. The highest BCUT2D eigenvalue weighted by molar-refractivity contribution is 6.09. The molecule has 1 amide bonds. The third kappa shape index (κ3) is 4.01. The number of hydrogen-bond acceptors (Lipinski definition) is 4. The Labute approximate surface area is 162 Å². The van der Waals surface area contributed by atoms with E-state index in [1.165, 1.54) is 34.9 Å². The van der Waals surface area contributed by atoms with Gasteiger partial charge in [-0.25, -0.2) is 4.79 Å². The van der Waals surface area contributed by atoms with E-state index < -0.39 is 5.97 Å². The molecule has 0 N–H and O–H groups in total. The van der Waals surface area contributed by atoms with Crippen molar-refractivity contribution in [3.63, 3.8) is 0 Å². The fourth-order valence-electron chi connectivity index (χ4n) is 2.91. The highest BCUT2D eigenvalue weighted by Gasteiger charge is 2.20. The van der Waals surface area contributed by atoms with Gasteiger partial charge in [0.1, 0.15) is 0 Å². The second-order valence-corrected chi connectivity index (χ2v) is 6.24. The summed E-state index contributed by atoms with van der Waals surface area (Å²) in [6.07, 6.45) is 1.54. The van der Waals surface area contributed by atoms with Crippen molar-refractivity contribution in [2.24, 2.45) is 0 Å².